The van der Waals surface area contributed by atoms with Crippen LogP contribution in [0.25, 0.3) is 0 Å². The minimum Gasteiger partial charge on any atom is -0.449 e. The zero-order valence-electron chi connectivity index (χ0n) is 84.4. The van der Waals surface area contributed by atoms with Gasteiger partial charge in [0, 0.05) is 165 Å². The van der Waals surface area contributed by atoms with Crippen LogP contribution in [0, 0.1) is 41.5 Å². The van der Waals surface area contributed by atoms with E-state index >= 15 is 0 Å². The second-order valence-corrected chi connectivity index (χ2v) is 39.2. The predicted molar refractivity (Wildman–Crippen MR) is 547 cm³/mol. The first kappa shape index (κ1) is 118. The molecule has 0 bridgehead atoms. The summed E-state index contributed by atoms with van der Waals surface area (Å²) in [6.45, 7) is 72.6. The van der Waals surface area contributed by atoms with Crippen molar-refractivity contribution in [1.29, 1.82) is 0 Å². The molecule has 0 amide bonds. The van der Waals surface area contributed by atoms with E-state index in [0.29, 0.717) is 83.0 Å². The molecule has 0 spiro atoms. The molecule has 0 atom stereocenters. The van der Waals surface area contributed by atoms with Crippen LogP contribution in [0.1, 0.15) is 389 Å². The van der Waals surface area contributed by atoms with E-state index in [1.54, 1.807) is 46.5 Å². The minimum atomic E-state index is 0. The lowest BCUT2D eigenvalue weighted by molar-refractivity contribution is 0.520. The van der Waals surface area contributed by atoms with Crippen LogP contribution in [0.3, 0.4) is 0 Å². The van der Waals surface area contributed by atoms with Crippen molar-refractivity contribution >= 4 is 45.3 Å². The molecule has 702 valence electrons. The van der Waals surface area contributed by atoms with Gasteiger partial charge in [-0.3, -0.25) is 48.0 Å². The molecule has 24 heteroatoms. The molecule has 0 aliphatic heterocycles. The first-order chi connectivity index (χ1) is 59.1. The van der Waals surface area contributed by atoms with Gasteiger partial charge in [-0.25, -0.2) is 15.0 Å². The first-order valence-electron chi connectivity index (χ1n) is 44.5. The van der Waals surface area contributed by atoms with E-state index in [1.807, 2.05) is 218 Å². The Balaban J connectivity index is 0.00000135. The van der Waals surface area contributed by atoms with Crippen molar-refractivity contribution in [1.82, 2.24) is 93.6 Å². The van der Waals surface area contributed by atoms with E-state index in [9.17, 15) is 0 Å². The average Bonchev–Trinajstić information content (AvgIpc) is 1.71. The van der Waals surface area contributed by atoms with Crippen LogP contribution in [0.5, 0.6) is 0 Å². The van der Waals surface area contributed by atoms with Crippen LogP contribution in [-0.2, 0) is 35.2 Å². The Kier molecular flexibility index (Phi) is 59.5. The number of aromatic nitrogens is 19. The summed E-state index contributed by atoms with van der Waals surface area (Å²) in [5.74, 6) is 8.48. The summed E-state index contributed by atoms with van der Waals surface area (Å²) in [5.41, 5.74) is 21.1. The topological polar surface area (TPSA) is 210 Å². The molecule has 14 heterocycles. The average molecular weight is 1810 g/mol. The van der Waals surface area contributed by atoms with E-state index in [-0.39, 0.29) is 7.43 Å². The summed E-state index contributed by atoms with van der Waals surface area (Å²) in [5, 5.41) is 30.0. The van der Waals surface area contributed by atoms with Gasteiger partial charge in [0.2, 0.25) is 0 Å². The Labute approximate surface area is 784 Å². The summed E-state index contributed by atoms with van der Waals surface area (Å²) < 4.78 is 16.3. The quantitative estimate of drug-likeness (QED) is 0.0992. The number of aryl methyl sites for hydroxylation is 11. The highest BCUT2D eigenvalue weighted by molar-refractivity contribution is 7.11. The molecule has 0 aromatic carbocycles. The van der Waals surface area contributed by atoms with E-state index < -0.39 is 0 Å². The number of pyridine rings is 3. The molecule has 0 saturated heterocycles. The molecule has 0 radical (unpaired) electrons. The zero-order chi connectivity index (χ0) is 95.5. The Hall–Kier alpha value is -9.49. The van der Waals surface area contributed by atoms with Gasteiger partial charge in [-0.1, -0.05) is 206 Å². The standard InChI is InChI=1S/3C9H13N.C8H14N2.4C7H12N2.C7H11NO.C7H11NS.C7H10S.C6H10N2.2C6H9NS.CH4/c1-7(2)9-4-8(3)5-10-6-9;1-7(2)9-4-5-10-8(3)6-9;1-7(2)9-5-4-8(3)10-6-9;1-6(2)8-7(3)5-9-10(8)4;2*1-6(2)7-4-8-9(3)5-7;1-6(2)7-4-5-9(3)8-7;1-6(2)7-4-5-8-9(7)3;1-5(2)7-4-9-6(3)8-7;1-5(2)7-4-8-6(3)9-7;1-6(2)7-4-3-5-8-7;1-6(2)8-5-3-4-7-8;1-5(2)6-3-8-4-7-6;1-5(2)6-3-7-4-8-6;/h3*4-7H,1-3H3;5-6H,1-4H3;4*4-6H,1-3H3;2*4-5H,1-3H3;2*3-6H,1-2H3;2*3-5H,1-2H3;1H4. The minimum absolute atomic E-state index is 0. The monoisotopic (exact) mass is 1810 g/mol. The van der Waals surface area contributed by atoms with Crippen molar-refractivity contribution in [3.8, 4) is 0 Å². The van der Waals surface area contributed by atoms with Crippen LogP contribution in [0.4, 0.5) is 0 Å². The lowest BCUT2D eigenvalue weighted by Crippen LogP contribution is -2.00. The van der Waals surface area contributed by atoms with Crippen molar-refractivity contribution in [3.63, 3.8) is 0 Å². The number of hydrogen-bond acceptors (Lipinski definition) is 18. The normalized spacial score (nSPS) is 10.5. The second-order valence-electron chi connectivity index (χ2n) is 35.3. The highest BCUT2D eigenvalue weighted by Crippen LogP contribution is 2.24. The molecule has 0 N–H and O–H groups in total. The predicted octanol–water partition coefficient (Wildman–Crippen LogP) is 29.8. The lowest BCUT2D eigenvalue weighted by Gasteiger charge is -2.05. The molecule has 14 aromatic heterocycles. The molecule has 0 aliphatic rings. The van der Waals surface area contributed by atoms with Gasteiger partial charge in [0.15, 0.2) is 5.89 Å². The summed E-state index contributed by atoms with van der Waals surface area (Å²) in [6.07, 6.45) is 30.6. The fourth-order valence-corrected chi connectivity index (χ4v) is 13.6. The Morgan fingerprint density at radius 2 is 0.953 bits per heavy atom. The molecule has 127 heavy (non-hydrogen) atoms. The van der Waals surface area contributed by atoms with Crippen LogP contribution >= 0.6 is 45.3 Å². The van der Waals surface area contributed by atoms with Gasteiger partial charge < -0.3 is 4.42 Å². The fourth-order valence-electron chi connectivity index (χ4n) is 10.7. The SMILES string of the molecule is C.CC(C)c1cccs1.CC(C)c1ccn(C)n1.CC(C)c1ccnn1C.CC(C)c1cncs1.CC(C)c1cnn(C)c1.CC(C)c1cnn(C)c1.CC(C)c1cscn1.CC(C)n1cccn1.Cc1cc(C(C)C)ccn1.Cc1ccc(C(C)C)cn1.Cc1cncc(C(C)C)c1.Cc1cnn(C)c1C(C)C.Cc1nc(C(C)C)co1.Cc1ncc(C(C)C)s1. The van der Waals surface area contributed by atoms with Gasteiger partial charge in [0.25, 0.3) is 0 Å². The smallest absolute Gasteiger partial charge is 0.191 e. The molecule has 20 nitrogen and oxygen atoms in total. The fraction of sp³-hybridized carbons (Fsp3) is 0.524. The van der Waals surface area contributed by atoms with Gasteiger partial charge in [-0.15, -0.1) is 45.3 Å². The van der Waals surface area contributed by atoms with Gasteiger partial charge >= 0.3 is 0 Å². The van der Waals surface area contributed by atoms with Gasteiger partial charge in [-0.05, 0) is 212 Å². The van der Waals surface area contributed by atoms with E-state index in [0.717, 1.165) is 28.7 Å². The maximum absolute atomic E-state index is 5.01. The third-order valence-corrected chi connectivity index (χ3v) is 22.8. The van der Waals surface area contributed by atoms with Crippen molar-refractivity contribution in [3.05, 3.63) is 286 Å². The van der Waals surface area contributed by atoms with E-state index in [4.69, 9.17) is 4.42 Å². The lowest BCUT2D eigenvalue weighted by atomic mass is 10.0. The molecule has 0 fully saturated rings. The number of oxazole rings is 1. The third kappa shape index (κ3) is 51.3. The number of thiophene rings is 1. The summed E-state index contributed by atoms with van der Waals surface area (Å²) >= 11 is 6.99. The second kappa shape index (κ2) is 64.3. The van der Waals surface area contributed by atoms with Crippen LogP contribution in [-0.4, -0.2) is 93.6 Å². The summed E-state index contributed by atoms with van der Waals surface area (Å²) in [4.78, 5) is 33.0. The van der Waals surface area contributed by atoms with Gasteiger partial charge in [-0.2, -0.15) is 30.6 Å². The van der Waals surface area contributed by atoms with E-state index in [2.05, 4.69) is 326 Å². The highest BCUT2D eigenvalue weighted by Gasteiger charge is 2.10. The number of thiazole rings is 3. The third-order valence-electron chi connectivity index (χ3n) is 18.7. The molecule has 14 rings (SSSR count). The Bertz CT molecular complexity index is 4440. The number of rotatable bonds is 14. The van der Waals surface area contributed by atoms with Crippen LogP contribution in [0.2, 0.25) is 0 Å². The molecule has 0 unspecified atom stereocenters. The van der Waals surface area contributed by atoms with Crippen LogP contribution < -0.4 is 0 Å². The molecular formula is C103H165N19OS4. The molecule has 0 saturated carbocycles. The largest absolute Gasteiger partial charge is 0.449 e. The first-order valence-corrected chi connectivity index (χ1v) is 48.0. The molecular weight excluding hydrogens is 1650 g/mol. The summed E-state index contributed by atoms with van der Waals surface area (Å²) in [6, 6.07) is 21.3. The van der Waals surface area contributed by atoms with Crippen molar-refractivity contribution in [2.75, 3.05) is 0 Å². The zero-order valence-corrected chi connectivity index (χ0v) is 87.7. The van der Waals surface area contributed by atoms with Crippen molar-refractivity contribution in [2.45, 2.75) is 326 Å². The molecule has 14 aromatic rings. The van der Waals surface area contributed by atoms with E-state index in [1.165, 1.54) is 75.7 Å². The maximum atomic E-state index is 5.01. The van der Waals surface area contributed by atoms with Crippen molar-refractivity contribution < 1.29 is 4.42 Å². The maximum Gasteiger partial charge on any atom is 0.191 e. The Morgan fingerprint density at radius 3 is 1.20 bits per heavy atom. The van der Waals surface area contributed by atoms with Crippen LogP contribution in [0.15, 0.2) is 186 Å². The molecule has 0 aliphatic carbocycles. The van der Waals surface area contributed by atoms with Crippen molar-refractivity contribution in [2.24, 2.45) is 35.2 Å². The number of hydrogen-bond donors (Lipinski definition) is 0. The Morgan fingerprint density at radius 1 is 0.370 bits per heavy atom. The van der Waals surface area contributed by atoms with Gasteiger partial charge in [0.1, 0.15) is 6.26 Å². The highest BCUT2D eigenvalue weighted by atomic mass is 32.1. The summed E-state index contributed by atoms with van der Waals surface area (Å²) in [7, 11) is 9.77. The van der Waals surface area contributed by atoms with Gasteiger partial charge in [0.05, 0.1) is 51.7 Å². The number of nitrogens with zero attached hydrogens (tertiary/aromatic N) is 19.